The molecule has 1 atom stereocenters. The molecule has 1 saturated heterocycles. The van der Waals surface area contributed by atoms with E-state index in [1.165, 1.54) is 38.8 Å². The fraction of sp³-hybridized carbons (Fsp3) is 0.933. The number of nitrogens with one attached hydrogen (secondary N) is 2. The summed E-state index contributed by atoms with van der Waals surface area (Å²) in [5.74, 6) is 0.969. The molecule has 0 radical (unpaired) electrons. The quantitative estimate of drug-likeness (QED) is 0.301. The minimum atomic E-state index is 0. The van der Waals surface area contributed by atoms with E-state index in [2.05, 4.69) is 41.3 Å². The Hall–Kier alpha value is -0.0400. The first-order valence-electron chi connectivity index (χ1n) is 8.04. The summed E-state index contributed by atoms with van der Waals surface area (Å²) in [6.07, 6.45) is 6.44. The number of likely N-dealkylation sites (tertiary alicyclic amines) is 1. The number of hydrogen-bond acceptors (Lipinski definition) is 2. The van der Waals surface area contributed by atoms with Gasteiger partial charge in [0.05, 0.1) is 0 Å². The maximum Gasteiger partial charge on any atom is 0.191 e. The van der Waals surface area contributed by atoms with Gasteiger partial charge in [-0.15, -0.1) is 24.0 Å². The normalized spacial score (nSPS) is 20.4. The van der Waals surface area contributed by atoms with Gasteiger partial charge in [-0.3, -0.25) is 4.99 Å². The van der Waals surface area contributed by atoms with E-state index in [1.807, 2.05) is 0 Å². The van der Waals surface area contributed by atoms with Crippen LogP contribution in [0.5, 0.6) is 0 Å². The smallest absolute Gasteiger partial charge is 0.191 e. The Bertz CT molecular complexity index is 258. The van der Waals surface area contributed by atoms with Gasteiger partial charge in [0.1, 0.15) is 0 Å². The van der Waals surface area contributed by atoms with Crippen LogP contribution in [-0.2, 0) is 0 Å². The highest BCUT2D eigenvalue weighted by Gasteiger charge is 2.16. The average molecular weight is 396 g/mol. The molecule has 5 heteroatoms. The van der Waals surface area contributed by atoms with Gasteiger partial charge in [0, 0.05) is 32.2 Å². The highest BCUT2D eigenvalue weighted by Crippen LogP contribution is 2.15. The minimum Gasteiger partial charge on any atom is -0.357 e. The highest BCUT2D eigenvalue weighted by molar-refractivity contribution is 14.0. The summed E-state index contributed by atoms with van der Waals surface area (Å²) in [6.45, 7) is 12.0. The lowest BCUT2D eigenvalue weighted by atomic mass is 10.0. The van der Waals surface area contributed by atoms with Crippen LogP contribution in [0.25, 0.3) is 0 Å². The first kappa shape index (κ1) is 20.0. The van der Waals surface area contributed by atoms with Crippen LogP contribution in [0.15, 0.2) is 4.99 Å². The zero-order chi connectivity index (χ0) is 13.9. The van der Waals surface area contributed by atoms with E-state index in [-0.39, 0.29) is 24.0 Å². The maximum absolute atomic E-state index is 4.51. The standard InChI is InChI=1S/C15H32N4.HI/c1-4-10-17-15(16-5-2)18-11-8-13-19-12-7-6-9-14(19)3;/h14H,4-13H2,1-3H3,(H2,16,17,18);1H. The van der Waals surface area contributed by atoms with Crippen molar-refractivity contribution >= 4 is 29.9 Å². The molecule has 1 heterocycles. The van der Waals surface area contributed by atoms with Crippen molar-refractivity contribution in [2.75, 3.05) is 32.7 Å². The third-order valence-corrected chi connectivity index (χ3v) is 3.69. The molecule has 0 amide bonds. The van der Waals surface area contributed by atoms with E-state index < -0.39 is 0 Å². The Kier molecular flexibility index (Phi) is 12.7. The molecule has 1 unspecified atom stereocenters. The molecule has 0 aromatic rings. The summed E-state index contributed by atoms with van der Waals surface area (Å²) >= 11 is 0. The van der Waals surface area contributed by atoms with Crippen molar-refractivity contribution in [1.29, 1.82) is 0 Å². The summed E-state index contributed by atoms with van der Waals surface area (Å²) in [7, 11) is 0. The molecule has 1 rings (SSSR count). The van der Waals surface area contributed by atoms with Crippen LogP contribution in [0.4, 0.5) is 0 Å². The summed E-state index contributed by atoms with van der Waals surface area (Å²) in [4.78, 5) is 7.14. The Morgan fingerprint density at radius 2 is 2.05 bits per heavy atom. The first-order chi connectivity index (χ1) is 9.27. The Morgan fingerprint density at radius 3 is 2.70 bits per heavy atom. The second-order valence-electron chi connectivity index (χ2n) is 5.42. The molecule has 0 aromatic heterocycles. The molecular formula is C15H33IN4. The molecule has 0 aliphatic carbocycles. The third kappa shape index (κ3) is 8.29. The molecular weight excluding hydrogens is 363 g/mol. The van der Waals surface area contributed by atoms with Gasteiger partial charge < -0.3 is 15.5 Å². The van der Waals surface area contributed by atoms with E-state index in [9.17, 15) is 0 Å². The van der Waals surface area contributed by atoms with Gasteiger partial charge in [-0.25, -0.2) is 0 Å². The summed E-state index contributed by atoms with van der Waals surface area (Å²) in [6, 6.07) is 0.774. The molecule has 0 spiro atoms. The van der Waals surface area contributed by atoms with Crippen LogP contribution in [-0.4, -0.2) is 49.6 Å². The fourth-order valence-electron chi connectivity index (χ4n) is 2.54. The van der Waals surface area contributed by atoms with Gasteiger partial charge >= 0.3 is 0 Å². The van der Waals surface area contributed by atoms with Gasteiger partial charge in [-0.1, -0.05) is 13.3 Å². The highest BCUT2D eigenvalue weighted by atomic mass is 127. The molecule has 0 aromatic carbocycles. The second-order valence-corrected chi connectivity index (χ2v) is 5.42. The lowest BCUT2D eigenvalue weighted by molar-refractivity contribution is 0.159. The molecule has 0 bridgehead atoms. The van der Waals surface area contributed by atoms with Gasteiger partial charge in [-0.2, -0.15) is 0 Å². The van der Waals surface area contributed by atoms with Crippen molar-refractivity contribution < 1.29 is 0 Å². The second kappa shape index (κ2) is 12.7. The number of halogens is 1. The zero-order valence-corrected chi connectivity index (χ0v) is 15.8. The van der Waals surface area contributed by atoms with Crippen molar-refractivity contribution in [3.05, 3.63) is 0 Å². The van der Waals surface area contributed by atoms with Gasteiger partial charge in [-0.05, 0) is 46.1 Å². The van der Waals surface area contributed by atoms with Crippen LogP contribution in [0.1, 0.15) is 52.9 Å². The number of nitrogens with zero attached hydrogens (tertiary/aromatic N) is 2. The summed E-state index contributed by atoms with van der Waals surface area (Å²) in [5, 5.41) is 6.71. The molecule has 1 aliphatic heterocycles. The van der Waals surface area contributed by atoms with Crippen LogP contribution in [0.3, 0.4) is 0 Å². The SMILES string of the molecule is CCCN=C(NCC)NCCCN1CCCCC1C.I. The number of aliphatic imine (C=N–C) groups is 1. The number of piperidine rings is 1. The van der Waals surface area contributed by atoms with Gasteiger partial charge in [0.25, 0.3) is 0 Å². The monoisotopic (exact) mass is 396 g/mol. The van der Waals surface area contributed by atoms with Crippen LogP contribution >= 0.6 is 24.0 Å². The molecule has 20 heavy (non-hydrogen) atoms. The van der Waals surface area contributed by atoms with Crippen LogP contribution < -0.4 is 10.6 Å². The van der Waals surface area contributed by atoms with Crippen molar-refractivity contribution in [1.82, 2.24) is 15.5 Å². The van der Waals surface area contributed by atoms with Crippen LogP contribution in [0, 0.1) is 0 Å². The lowest BCUT2D eigenvalue weighted by Gasteiger charge is -2.33. The molecule has 120 valence electrons. The Balaban J connectivity index is 0.00000361. The largest absolute Gasteiger partial charge is 0.357 e. The molecule has 2 N–H and O–H groups in total. The Morgan fingerprint density at radius 1 is 1.25 bits per heavy atom. The van der Waals surface area contributed by atoms with E-state index in [4.69, 9.17) is 0 Å². The van der Waals surface area contributed by atoms with Crippen molar-refractivity contribution in [2.24, 2.45) is 4.99 Å². The third-order valence-electron chi connectivity index (χ3n) is 3.69. The van der Waals surface area contributed by atoms with Gasteiger partial charge in [0.15, 0.2) is 5.96 Å². The zero-order valence-electron chi connectivity index (χ0n) is 13.5. The predicted molar refractivity (Wildman–Crippen MR) is 99.2 cm³/mol. The number of rotatable bonds is 7. The minimum absolute atomic E-state index is 0. The molecule has 0 saturated carbocycles. The first-order valence-corrected chi connectivity index (χ1v) is 8.04. The van der Waals surface area contributed by atoms with Crippen molar-refractivity contribution in [3.8, 4) is 0 Å². The lowest BCUT2D eigenvalue weighted by Crippen LogP contribution is -2.41. The Labute approximate surface area is 142 Å². The maximum atomic E-state index is 4.51. The average Bonchev–Trinajstić information content (AvgIpc) is 2.42. The van der Waals surface area contributed by atoms with Gasteiger partial charge in [0.2, 0.25) is 0 Å². The van der Waals surface area contributed by atoms with Crippen molar-refractivity contribution in [2.45, 2.75) is 58.9 Å². The van der Waals surface area contributed by atoms with E-state index >= 15 is 0 Å². The van der Waals surface area contributed by atoms with Crippen LogP contribution in [0.2, 0.25) is 0 Å². The van der Waals surface area contributed by atoms with E-state index in [0.29, 0.717) is 0 Å². The number of hydrogen-bond donors (Lipinski definition) is 2. The number of guanidine groups is 1. The molecule has 4 nitrogen and oxygen atoms in total. The summed E-state index contributed by atoms with van der Waals surface area (Å²) < 4.78 is 0. The predicted octanol–water partition coefficient (Wildman–Crippen LogP) is 2.83. The van der Waals surface area contributed by atoms with E-state index in [1.54, 1.807) is 0 Å². The summed E-state index contributed by atoms with van der Waals surface area (Å²) in [5.41, 5.74) is 0. The van der Waals surface area contributed by atoms with E-state index in [0.717, 1.165) is 38.1 Å². The van der Waals surface area contributed by atoms with Crippen molar-refractivity contribution in [3.63, 3.8) is 0 Å². The fourth-order valence-corrected chi connectivity index (χ4v) is 2.54. The molecule has 1 fully saturated rings. The topological polar surface area (TPSA) is 39.7 Å². The molecule has 1 aliphatic rings.